The van der Waals surface area contributed by atoms with Crippen molar-refractivity contribution in [3.05, 3.63) is 0 Å². The molecule has 6 nitrogen and oxygen atoms in total. The molecule has 118 valence electrons. The van der Waals surface area contributed by atoms with Gasteiger partial charge in [-0.2, -0.15) is 0 Å². The van der Waals surface area contributed by atoms with E-state index in [1.165, 1.54) is 0 Å². The Bertz CT molecular complexity index is 176. The zero-order valence-electron chi connectivity index (χ0n) is 12.6. The topological polar surface area (TPSA) is 55.4 Å². The van der Waals surface area contributed by atoms with Gasteiger partial charge < -0.3 is 0 Å². The molecule has 0 N–H and O–H groups in total. The van der Waals surface area contributed by atoms with Crippen LogP contribution < -0.4 is 0 Å². The Kier molecular flexibility index (Phi) is 13.3. The first kappa shape index (κ1) is 19.2. The van der Waals surface area contributed by atoms with Gasteiger partial charge in [-0.1, -0.05) is 0 Å². The minimum absolute atomic E-state index is 0.565. The van der Waals surface area contributed by atoms with Gasteiger partial charge in [-0.3, -0.25) is 0 Å². The van der Waals surface area contributed by atoms with Crippen LogP contribution in [0.15, 0.2) is 0 Å². The average molecular weight is 300 g/mol. The van der Waals surface area contributed by atoms with Crippen LogP contribution in [0, 0.1) is 0 Å². The molecule has 0 aliphatic rings. The van der Waals surface area contributed by atoms with Crippen molar-refractivity contribution in [1.82, 2.24) is 0 Å². The van der Waals surface area contributed by atoms with Gasteiger partial charge in [0.25, 0.3) is 0 Å². The number of hydrogen-bond acceptors (Lipinski definition) is 6. The molecular formula is C12H29O6P. The molecule has 0 amide bonds. The van der Waals surface area contributed by atoms with Crippen LogP contribution in [0.4, 0.5) is 0 Å². The van der Waals surface area contributed by atoms with Crippen LogP contribution in [0.3, 0.4) is 0 Å². The monoisotopic (exact) mass is 300 g/mol. The molecule has 0 rings (SSSR count). The first-order valence-electron chi connectivity index (χ1n) is 6.36. The summed E-state index contributed by atoms with van der Waals surface area (Å²) in [6.07, 6.45) is 2.65. The summed E-state index contributed by atoms with van der Waals surface area (Å²) in [5.74, 6) is 0. The molecule has 0 fully saturated rings. The molecule has 0 saturated carbocycles. The molecular weight excluding hydrogens is 271 g/mol. The Balaban J connectivity index is 3.89. The van der Waals surface area contributed by atoms with Crippen LogP contribution in [-0.2, 0) is 28.4 Å². The normalized spacial score (nSPS) is 12.8. The van der Waals surface area contributed by atoms with Crippen LogP contribution in [-0.4, -0.2) is 80.3 Å². The average Bonchev–Trinajstić information content (AvgIpc) is 2.39. The third-order valence-electron chi connectivity index (χ3n) is 2.56. The van der Waals surface area contributed by atoms with Gasteiger partial charge in [-0.25, -0.2) is 0 Å². The van der Waals surface area contributed by atoms with Gasteiger partial charge in [0.1, 0.15) is 0 Å². The molecule has 19 heavy (non-hydrogen) atoms. The number of rotatable bonds is 14. The van der Waals surface area contributed by atoms with Crippen molar-refractivity contribution in [3.63, 3.8) is 0 Å². The summed E-state index contributed by atoms with van der Waals surface area (Å²) in [4.78, 5) is 0. The van der Waals surface area contributed by atoms with Crippen LogP contribution in [0.25, 0.3) is 0 Å². The predicted octanol–water partition coefficient (Wildman–Crippen LogP) is 1.19. The van der Waals surface area contributed by atoms with E-state index in [4.69, 9.17) is 28.4 Å². The Morgan fingerprint density at radius 1 is 0.526 bits per heavy atom. The molecule has 0 atom stereocenters. The fraction of sp³-hybridized carbons (Fsp3) is 1.00. The summed E-state index contributed by atoms with van der Waals surface area (Å²) < 4.78 is 31.8. The van der Waals surface area contributed by atoms with Gasteiger partial charge in [0, 0.05) is 0 Å². The van der Waals surface area contributed by atoms with Crippen LogP contribution in [0.5, 0.6) is 0 Å². The quantitative estimate of drug-likeness (QED) is 0.355. The Hall–Kier alpha value is 0.190. The molecule has 0 radical (unpaired) electrons. The summed E-state index contributed by atoms with van der Waals surface area (Å²) in [7, 11) is 4.90. The number of ether oxygens (including phenoxy) is 6. The van der Waals surface area contributed by atoms with E-state index in [0.29, 0.717) is 51.8 Å². The Morgan fingerprint density at radius 2 is 1.00 bits per heavy atom. The van der Waals surface area contributed by atoms with Crippen molar-refractivity contribution in [2.24, 2.45) is 0 Å². The van der Waals surface area contributed by atoms with E-state index in [1.807, 2.05) is 0 Å². The Morgan fingerprint density at radius 3 is 1.47 bits per heavy atom. The van der Waals surface area contributed by atoms with Crippen molar-refractivity contribution in [1.29, 1.82) is 0 Å². The van der Waals surface area contributed by atoms with Crippen molar-refractivity contribution in [2.75, 3.05) is 80.3 Å². The van der Waals surface area contributed by atoms with Gasteiger partial charge in [0.2, 0.25) is 0 Å². The summed E-state index contributed by atoms with van der Waals surface area (Å²) in [6, 6.07) is 0. The van der Waals surface area contributed by atoms with Crippen LogP contribution >= 0.6 is 7.26 Å². The molecule has 0 bridgehead atoms. The zero-order chi connectivity index (χ0) is 14.4. The standard InChI is InChI=1S/C12H29O6P/c1-13-5-6-17-7-8-18-12-19(9-14-2,10-15-3)11-16-4/h19H,5-12H2,1-4H3. The molecule has 0 unspecified atom stereocenters. The molecule has 0 saturated heterocycles. The van der Waals surface area contributed by atoms with E-state index in [9.17, 15) is 0 Å². The zero-order valence-corrected chi connectivity index (χ0v) is 13.6. The summed E-state index contributed by atoms with van der Waals surface area (Å²) >= 11 is 0. The fourth-order valence-electron chi connectivity index (χ4n) is 1.82. The van der Waals surface area contributed by atoms with Crippen molar-refractivity contribution in [2.45, 2.75) is 0 Å². The number of methoxy groups -OCH3 is 4. The van der Waals surface area contributed by atoms with E-state index in [2.05, 4.69) is 0 Å². The van der Waals surface area contributed by atoms with Crippen molar-refractivity contribution < 1.29 is 28.4 Å². The molecule has 0 aromatic carbocycles. The molecule has 0 aromatic rings. The molecule has 7 heteroatoms. The van der Waals surface area contributed by atoms with Crippen molar-refractivity contribution >= 4 is 7.26 Å². The van der Waals surface area contributed by atoms with Crippen molar-refractivity contribution in [3.8, 4) is 0 Å². The second-order valence-corrected chi connectivity index (χ2v) is 8.61. The molecule has 0 aromatic heterocycles. The molecule has 0 aliphatic carbocycles. The first-order chi connectivity index (χ1) is 9.24. The number of hydrogen-bond donors (Lipinski definition) is 0. The summed E-state index contributed by atoms with van der Waals surface area (Å²) in [5, 5.41) is 0. The second kappa shape index (κ2) is 13.2. The SMILES string of the molecule is COCCOCCOC[PH](COC)(COC)COC. The van der Waals surface area contributed by atoms with E-state index in [1.54, 1.807) is 28.4 Å². The third kappa shape index (κ3) is 9.68. The second-order valence-electron chi connectivity index (χ2n) is 4.46. The van der Waals surface area contributed by atoms with Gasteiger partial charge in [0.05, 0.1) is 0 Å². The maximum absolute atomic E-state index is 5.69. The fourth-order valence-corrected chi connectivity index (χ4v) is 4.73. The summed E-state index contributed by atoms with van der Waals surface area (Å²) in [6.45, 7) is 2.34. The first-order valence-corrected chi connectivity index (χ1v) is 9.19. The van der Waals surface area contributed by atoms with Gasteiger partial charge >= 0.3 is 116 Å². The van der Waals surface area contributed by atoms with Gasteiger partial charge in [-0.15, -0.1) is 0 Å². The third-order valence-corrected chi connectivity index (χ3v) is 6.08. The van der Waals surface area contributed by atoms with Gasteiger partial charge in [-0.05, 0) is 0 Å². The van der Waals surface area contributed by atoms with Crippen LogP contribution in [0.1, 0.15) is 0 Å². The van der Waals surface area contributed by atoms with E-state index < -0.39 is 7.26 Å². The minimum atomic E-state index is -1.84. The van der Waals surface area contributed by atoms with E-state index in [-0.39, 0.29) is 0 Å². The van der Waals surface area contributed by atoms with E-state index >= 15 is 0 Å². The molecule has 0 aliphatic heterocycles. The molecule has 0 heterocycles. The van der Waals surface area contributed by atoms with E-state index in [0.717, 1.165) is 0 Å². The predicted molar refractivity (Wildman–Crippen MR) is 77.5 cm³/mol. The molecule has 0 spiro atoms. The van der Waals surface area contributed by atoms with Gasteiger partial charge in [0.15, 0.2) is 0 Å². The summed E-state index contributed by atoms with van der Waals surface area (Å²) in [5.41, 5.74) is 0. The Labute approximate surface area is 117 Å². The maximum atomic E-state index is 5.69. The van der Waals surface area contributed by atoms with Crippen LogP contribution in [0.2, 0.25) is 0 Å².